The Hall–Kier alpha value is -2.79. The number of nitrogens with one attached hydrogen (secondary N) is 1. The average Bonchev–Trinajstić information content (AvgIpc) is 2.70. The van der Waals surface area contributed by atoms with Crippen LogP contribution in [0.15, 0.2) is 48.5 Å². The fourth-order valence-corrected chi connectivity index (χ4v) is 2.69. The lowest BCUT2D eigenvalue weighted by Crippen LogP contribution is -2.30. The number of allylic oxidation sites excluding steroid dienone is 1. The first-order chi connectivity index (χ1) is 12.7. The molecule has 2 aromatic rings. The number of aryl methyl sites for hydroxylation is 1. The highest BCUT2D eigenvalue weighted by Gasteiger charge is 2.18. The highest BCUT2D eigenvalue weighted by Crippen LogP contribution is 2.32. The van der Waals surface area contributed by atoms with E-state index in [-0.39, 0.29) is 6.10 Å². The number of ether oxygens (including phenoxy) is 2. The molecule has 0 amide bonds. The van der Waals surface area contributed by atoms with E-state index >= 15 is 0 Å². The average molecular weight is 353 g/mol. The Balaban J connectivity index is 0.00000117. The highest BCUT2D eigenvalue weighted by molar-refractivity contribution is 5.81. The van der Waals surface area contributed by atoms with Crippen LogP contribution in [0.1, 0.15) is 31.4 Å². The predicted molar refractivity (Wildman–Crippen MR) is 107 cm³/mol. The summed E-state index contributed by atoms with van der Waals surface area (Å²) in [4.78, 5) is 0. The third-order valence-corrected chi connectivity index (χ3v) is 4.01. The molecule has 0 aromatic heterocycles. The van der Waals surface area contributed by atoms with E-state index in [1.54, 1.807) is 6.08 Å². The summed E-state index contributed by atoms with van der Waals surface area (Å²) < 4.78 is 11.7. The summed E-state index contributed by atoms with van der Waals surface area (Å²) in [5, 5.41) is 7.05. The fourth-order valence-electron chi connectivity index (χ4n) is 2.69. The molecule has 0 fully saturated rings. The molecule has 26 heavy (non-hydrogen) atoms. The second-order valence-electron chi connectivity index (χ2n) is 5.70. The maximum absolute atomic E-state index is 7.05. The van der Waals surface area contributed by atoms with Gasteiger partial charge in [0.25, 0.3) is 0 Å². The number of hydrogen-bond donors (Lipinski definition) is 3. The van der Waals surface area contributed by atoms with Crippen LogP contribution in [0.5, 0.6) is 17.2 Å². The molecule has 1 aliphatic heterocycles. The molecule has 0 radical (unpaired) electrons. The zero-order chi connectivity index (χ0) is 18.9. The molecule has 1 aliphatic rings. The van der Waals surface area contributed by atoms with E-state index in [2.05, 4.69) is 0 Å². The van der Waals surface area contributed by atoms with E-state index in [4.69, 9.17) is 26.4 Å². The van der Waals surface area contributed by atoms with Gasteiger partial charge in [-0.1, -0.05) is 13.8 Å². The van der Waals surface area contributed by atoms with Crippen LogP contribution in [-0.4, -0.2) is 18.9 Å². The normalized spacial score (nSPS) is 15.8. The molecule has 0 bridgehead atoms. The van der Waals surface area contributed by atoms with E-state index in [0.29, 0.717) is 12.2 Å². The van der Waals surface area contributed by atoms with Crippen molar-refractivity contribution in [2.75, 3.05) is 6.54 Å². The first-order valence-electron chi connectivity index (χ1n) is 8.94. The smallest absolute Gasteiger partial charge is 0.127 e. The van der Waals surface area contributed by atoms with Gasteiger partial charge in [0.15, 0.2) is 0 Å². The van der Waals surface area contributed by atoms with Gasteiger partial charge in [0.1, 0.15) is 23.4 Å². The van der Waals surface area contributed by atoms with Crippen molar-refractivity contribution in [3.63, 3.8) is 0 Å². The Morgan fingerprint density at radius 1 is 1.19 bits per heavy atom. The van der Waals surface area contributed by atoms with Crippen LogP contribution >= 0.6 is 0 Å². The molecule has 1 heterocycles. The summed E-state index contributed by atoms with van der Waals surface area (Å²) in [5.41, 5.74) is 14.1. The van der Waals surface area contributed by atoms with Crippen molar-refractivity contribution in [3.8, 4) is 17.2 Å². The summed E-state index contributed by atoms with van der Waals surface area (Å²) in [5.74, 6) is 2.40. The molecule has 5 heteroatoms. The van der Waals surface area contributed by atoms with Gasteiger partial charge < -0.3 is 26.4 Å². The highest BCUT2D eigenvalue weighted by atomic mass is 16.5. The Labute approximate surface area is 155 Å². The van der Waals surface area contributed by atoms with E-state index in [1.165, 1.54) is 6.21 Å². The van der Waals surface area contributed by atoms with Gasteiger partial charge in [-0.25, -0.2) is 0 Å². The fraction of sp³-hybridized carbons (Fsp3) is 0.286. The maximum Gasteiger partial charge on any atom is 0.127 e. The van der Waals surface area contributed by atoms with Gasteiger partial charge in [0.05, 0.1) is 0 Å². The van der Waals surface area contributed by atoms with Crippen LogP contribution in [-0.2, 0) is 6.42 Å². The Morgan fingerprint density at radius 2 is 1.88 bits per heavy atom. The Bertz CT molecular complexity index is 754. The van der Waals surface area contributed by atoms with Gasteiger partial charge in [0, 0.05) is 18.5 Å². The van der Waals surface area contributed by atoms with Gasteiger partial charge in [-0.15, -0.1) is 0 Å². The lowest BCUT2D eigenvalue weighted by Gasteiger charge is -2.25. The van der Waals surface area contributed by atoms with Crippen LogP contribution < -0.4 is 20.9 Å². The molecule has 1 atom stereocenters. The molecule has 0 aliphatic carbocycles. The number of nitrogens with two attached hydrogens (primary N) is 2. The lowest BCUT2D eigenvalue weighted by atomic mass is 10.0. The minimum Gasteiger partial charge on any atom is -0.489 e. The molecule has 5 N–H and O–H groups in total. The zero-order valence-electron chi connectivity index (χ0n) is 15.4. The standard InChI is InChI=1S/C19H21N3O2.C2H6/c20-10-9-18(22)13-1-4-15(5-2-13)23-16-7-8-19-14(11-16)3-6-17(12-21)24-19;1-2/h1-2,4-5,7-11,17,20H,3,6,12,21-22H2;1-2H3/b18-9-,20-10?;. The minimum atomic E-state index is 0.108. The Morgan fingerprint density at radius 3 is 2.54 bits per heavy atom. The minimum absolute atomic E-state index is 0.108. The van der Waals surface area contributed by atoms with Crippen molar-refractivity contribution in [1.29, 1.82) is 5.41 Å². The van der Waals surface area contributed by atoms with Crippen molar-refractivity contribution in [1.82, 2.24) is 0 Å². The summed E-state index contributed by atoms with van der Waals surface area (Å²) in [7, 11) is 0. The molecule has 0 saturated heterocycles. The van der Waals surface area contributed by atoms with Crippen LogP contribution in [0, 0.1) is 5.41 Å². The molecular formula is C21H27N3O2. The molecular weight excluding hydrogens is 326 g/mol. The van der Waals surface area contributed by atoms with Gasteiger partial charge in [-0.05, 0) is 72.5 Å². The first kappa shape index (κ1) is 19.5. The van der Waals surface area contributed by atoms with Crippen molar-refractivity contribution >= 4 is 11.9 Å². The second kappa shape index (κ2) is 9.63. The monoisotopic (exact) mass is 353 g/mol. The molecule has 0 spiro atoms. The third kappa shape index (κ3) is 4.86. The number of rotatable bonds is 5. The van der Waals surface area contributed by atoms with Crippen LogP contribution in [0.3, 0.4) is 0 Å². The molecule has 138 valence electrons. The SMILES string of the molecule is CC.N=C/C=C(\N)c1ccc(Oc2ccc3c(c2)CCC(CN)O3)cc1. The van der Waals surface area contributed by atoms with Gasteiger partial charge in [-0.2, -0.15) is 0 Å². The molecule has 0 saturated carbocycles. The quantitative estimate of drug-likeness (QED) is 0.705. The predicted octanol–water partition coefficient (Wildman–Crippen LogP) is 4.11. The van der Waals surface area contributed by atoms with Gasteiger partial charge >= 0.3 is 0 Å². The molecule has 5 nitrogen and oxygen atoms in total. The maximum atomic E-state index is 7.05. The van der Waals surface area contributed by atoms with Crippen LogP contribution in [0.25, 0.3) is 5.70 Å². The van der Waals surface area contributed by atoms with E-state index in [0.717, 1.165) is 41.2 Å². The van der Waals surface area contributed by atoms with Gasteiger partial charge in [0.2, 0.25) is 0 Å². The molecule has 3 rings (SSSR count). The van der Waals surface area contributed by atoms with Crippen molar-refractivity contribution in [2.24, 2.45) is 11.5 Å². The Kier molecular flexibility index (Phi) is 7.24. The zero-order valence-corrected chi connectivity index (χ0v) is 15.4. The van der Waals surface area contributed by atoms with Crippen LogP contribution in [0.2, 0.25) is 0 Å². The van der Waals surface area contributed by atoms with E-state index < -0.39 is 0 Å². The topological polar surface area (TPSA) is 94.4 Å². The number of fused-ring (bicyclic) bond motifs is 1. The number of hydrogen-bond acceptors (Lipinski definition) is 5. The van der Waals surface area contributed by atoms with Crippen molar-refractivity contribution in [2.45, 2.75) is 32.8 Å². The first-order valence-corrected chi connectivity index (χ1v) is 8.94. The van der Waals surface area contributed by atoms with Gasteiger partial charge in [-0.3, -0.25) is 0 Å². The largest absolute Gasteiger partial charge is 0.489 e. The van der Waals surface area contributed by atoms with E-state index in [1.807, 2.05) is 56.3 Å². The number of benzene rings is 2. The second-order valence-corrected chi connectivity index (χ2v) is 5.70. The van der Waals surface area contributed by atoms with Crippen LogP contribution in [0.4, 0.5) is 0 Å². The third-order valence-electron chi connectivity index (χ3n) is 4.01. The lowest BCUT2D eigenvalue weighted by molar-refractivity contribution is 0.181. The summed E-state index contributed by atoms with van der Waals surface area (Å²) in [6, 6.07) is 13.3. The summed E-state index contributed by atoms with van der Waals surface area (Å²) >= 11 is 0. The van der Waals surface area contributed by atoms with E-state index in [9.17, 15) is 0 Å². The van der Waals surface area contributed by atoms with Crippen molar-refractivity contribution in [3.05, 3.63) is 59.7 Å². The summed E-state index contributed by atoms with van der Waals surface area (Å²) in [6.45, 7) is 4.54. The molecule has 2 aromatic carbocycles. The summed E-state index contributed by atoms with van der Waals surface area (Å²) in [6.07, 6.45) is 4.70. The van der Waals surface area contributed by atoms with Crippen molar-refractivity contribution < 1.29 is 9.47 Å². The molecule has 1 unspecified atom stereocenters.